The summed E-state index contributed by atoms with van der Waals surface area (Å²) < 4.78 is 0. The van der Waals surface area contributed by atoms with E-state index >= 15 is 0 Å². The molecule has 2 rings (SSSR count). The highest BCUT2D eigenvalue weighted by atomic mass is 16.4. The summed E-state index contributed by atoms with van der Waals surface area (Å²) in [7, 11) is 0. The minimum absolute atomic E-state index is 0.0745. The zero-order valence-corrected chi connectivity index (χ0v) is 10.4. The molecule has 1 aliphatic heterocycles. The molecule has 2 aliphatic rings. The fourth-order valence-corrected chi connectivity index (χ4v) is 3.47. The van der Waals surface area contributed by atoms with Gasteiger partial charge in [0.25, 0.3) is 0 Å². The molecule has 92 valence electrons. The molecule has 1 N–H and O–H groups in total. The van der Waals surface area contributed by atoms with E-state index < -0.39 is 5.97 Å². The minimum atomic E-state index is -0.619. The lowest BCUT2D eigenvalue weighted by molar-refractivity contribution is -0.141. The Morgan fingerprint density at radius 1 is 1.25 bits per heavy atom. The molecule has 16 heavy (non-hydrogen) atoms. The minimum Gasteiger partial charge on any atom is -0.481 e. The van der Waals surface area contributed by atoms with Crippen LogP contribution in [0.1, 0.15) is 52.4 Å². The molecule has 0 radical (unpaired) electrons. The zero-order valence-electron chi connectivity index (χ0n) is 10.4. The van der Waals surface area contributed by atoms with Gasteiger partial charge in [-0.3, -0.25) is 9.69 Å². The van der Waals surface area contributed by atoms with E-state index in [9.17, 15) is 4.79 Å². The van der Waals surface area contributed by atoms with Crippen molar-refractivity contribution >= 4 is 5.97 Å². The van der Waals surface area contributed by atoms with Crippen LogP contribution < -0.4 is 0 Å². The first-order valence-corrected chi connectivity index (χ1v) is 6.50. The van der Waals surface area contributed by atoms with E-state index in [0.29, 0.717) is 6.04 Å². The van der Waals surface area contributed by atoms with E-state index in [4.69, 9.17) is 5.11 Å². The number of hydrogen-bond donors (Lipinski definition) is 1. The van der Waals surface area contributed by atoms with E-state index in [1.165, 1.54) is 32.1 Å². The summed E-state index contributed by atoms with van der Waals surface area (Å²) in [6.07, 6.45) is 7.31. The zero-order chi connectivity index (χ0) is 11.8. The quantitative estimate of drug-likeness (QED) is 0.785. The molecule has 1 heterocycles. The molecule has 0 bridgehead atoms. The predicted molar refractivity (Wildman–Crippen MR) is 63.4 cm³/mol. The summed E-state index contributed by atoms with van der Waals surface area (Å²) >= 11 is 0. The van der Waals surface area contributed by atoms with Gasteiger partial charge in [0.2, 0.25) is 0 Å². The van der Waals surface area contributed by atoms with Crippen molar-refractivity contribution in [1.82, 2.24) is 4.90 Å². The molecule has 0 spiro atoms. The number of aliphatic carboxylic acids is 1. The van der Waals surface area contributed by atoms with Crippen LogP contribution in [0.2, 0.25) is 0 Å². The Balaban J connectivity index is 2.05. The maximum atomic E-state index is 11.1. The van der Waals surface area contributed by atoms with Crippen LogP contribution in [0.15, 0.2) is 0 Å². The largest absolute Gasteiger partial charge is 0.481 e. The van der Waals surface area contributed by atoms with Crippen molar-refractivity contribution in [2.45, 2.75) is 64.0 Å². The lowest BCUT2D eigenvalue weighted by Gasteiger charge is -2.40. The van der Waals surface area contributed by atoms with Crippen molar-refractivity contribution in [2.75, 3.05) is 6.54 Å². The highest BCUT2D eigenvalue weighted by molar-refractivity contribution is 5.71. The van der Waals surface area contributed by atoms with Crippen molar-refractivity contribution < 1.29 is 9.90 Å². The fraction of sp³-hybridized carbons (Fsp3) is 0.923. The molecule has 0 aromatic carbocycles. The van der Waals surface area contributed by atoms with Gasteiger partial charge in [0.15, 0.2) is 0 Å². The van der Waals surface area contributed by atoms with E-state index in [2.05, 4.69) is 18.7 Å². The molecule has 0 amide bonds. The Hall–Kier alpha value is -0.570. The molecule has 1 atom stereocenters. The molecular formula is C13H23NO2. The summed E-state index contributed by atoms with van der Waals surface area (Å²) in [6, 6.07) is 0.632. The molecule has 1 aliphatic carbocycles. The van der Waals surface area contributed by atoms with Gasteiger partial charge in [-0.05, 0) is 33.1 Å². The van der Waals surface area contributed by atoms with E-state index in [0.717, 1.165) is 13.0 Å². The van der Waals surface area contributed by atoms with Gasteiger partial charge < -0.3 is 5.11 Å². The van der Waals surface area contributed by atoms with Crippen LogP contribution in [-0.2, 0) is 4.79 Å². The first-order chi connectivity index (χ1) is 7.50. The van der Waals surface area contributed by atoms with Crippen molar-refractivity contribution in [3.8, 4) is 0 Å². The molecule has 0 aromatic rings. The van der Waals surface area contributed by atoms with Crippen LogP contribution in [-0.4, -0.2) is 34.1 Å². The average molecular weight is 225 g/mol. The molecule has 1 saturated carbocycles. The fourth-order valence-electron chi connectivity index (χ4n) is 3.47. The number of likely N-dealkylation sites (tertiary alicyclic amines) is 1. The molecule has 3 heteroatoms. The van der Waals surface area contributed by atoms with Crippen LogP contribution in [0.3, 0.4) is 0 Å². The second kappa shape index (κ2) is 4.36. The number of rotatable bonds is 2. The van der Waals surface area contributed by atoms with Gasteiger partial charge in [-0.1, -0.05) is 19.3 Å². The van der Waals surface area contributed by atoms with Crippen LogP contribution in [0.25, 0.3) is 0 Å². The molecular weight excluding hydrogens is 202 g/mol. The van der Waals surface area contributed by atoms with E-state index in [1.54, 1.807) is 0 Å². The van der Waals surface area contributed by atoms with E-state index in [-0.39, 0.29) is 11.5 Å². The molecule has 1 unspecified atom stereocenters. The standard InChI is InChI=1S/C13H23NO2/c1-13(2)8-10(12(15)16)9-14(13)11-6-4-3-5-7-11/h10-11H,3-9H2,1-2H3,(H,15,16). The van der Waals surface area contributed by atoms with Crippen LogP contribution in [0.4, 0.5) is 0 Å². The summed E-state index contributed by atoms with van der Waals surface area (Å²) in [5.41, 5.74) is 0.0745. The normalized spacial score (nSPS) is 31.8. The summed E-state index contributed by atoms with van der Waals surface area (Å²) in [6.45, 7) is 5.15. The van der Waals surface area contributed by atoms with Crippen molar-refractivity contribution in [3.63, 3.8) is 0 Å². The average Bonchev–Trinajstić information content (AvgIpc) is 2.56. The third kappa shape index (κ3) is 2.24. The third-order valence-electron chi connectivity index (χ3n) is 4.31. The first kappa shape index (κ1) is 11.9. The van der Waals surface area contributed by atoms with Gasteiger partial charge in [-0.25, -0.2) is 0 Å². The summed E-state index contributed by atoms with van der Waals surface area (Å²) in [5, 5.41) is 9.13. The Labute approximate surface area is 97.8 Å². The Kier molecular flexibility index (Phi) is 3.24. The number of carboxylic acid groups (broad SMARTS) is 1. The Morgan fingerprint density at radius 3 is 2.38 bits per heavy atom. The van der Waals surface area contributed by atoms with Crippen LogP contribution in [0, 0.1) is 5.92 Å². The smallest absolute Gasteiger partial charge is 0.307 e. The topological polar surface area (TPSA) is 40.5 Å². The van der Waals surface area contributed by atoms with Gasteiger partial charge in [0.05, 0.1) is 5.92 Å². The Morgan fingerprint density at radius 2 is 1.88 bits per heavy atom. The van der Waals surface area contributed by atoms with Gasteiger partial charge in [0, 0.05) is 18.1 Å². The lowest BCUT2D eigenvalue weighted by Crippen LogP contribution is -2.46. The lowest BCUT2D eigenvalue weighted by atomic mass is 9.90. The van der Waals surface area contributed by atoms with Crippen molar-refractivity contribution in [1.29, 1.82) is 0 Å². The third-order valence-corrected chi connectivity index (χ3v) is 4.31. The summed E-state index contributed by atoms with van der Waals surface area (Å²) in [5.74, 6) is -0.775. The summed E-state index contributed by atoms with van der Waals surface area (Å²) in [4.78, 5) is 13.6. The van der Waals surface area contributed by atoms with Gasteiger partial charge in [-0.2, -0.15) is 0 Å². The van der Waals surface area contributed by atoms with Crippen LogP contribution >= 0.6 is 0 Å². The maximum Gasteiger partial charge on any atom is 0.307 e. The number of carboxylic acids is 1. The first-order valence-electron chi connectivity index (χ1n) is 6.50. The SMILES string of the molecule is CC1(C)CC(C(=O)O)CN1C1CCCCC1. The molecule has 3 nitrogen and oxygen atoms in total. The second-order valence-electron chi connectivity index (χ2n) is 6.00. The number of nitrogens with zero attached hydrogens (tertiary/aromatic N) is 1. The predicted octanol–water partition coefficient (Wildman–Crippen LogP) is 2.50. The number of carbonyl (C=O) groups is 1. The highest BCUT2D eigenvalue weighted by Gasteiger charge is 2.44. The molecule has 0 aromatic heterocycles. The second-order valence-corrected chi connectivity index (χ2v) is 6.00. The van der Waals surface area contributed by atoms with Crippen molar-refractivity contribution in [3.05, 3.63) is 0 Å². The molecule has 1 saturated heterocycles. The Bertz CT molecular complexity index is 269. The van der Waals surface area contributed by atoms with Crippen molar-refractivity contribution in [2.24, 2.45) is 5.92 Å². The van der Waals surface area contributed by atoms with Crippen LogP contribution in [0.5, 0.6) is 0 Å². The van der Waals surface area contributed by atoms with Gasteiger partial charge in [-0.15, -0.1) is 0 Å². The van der Waals surface area contributed by atoms with Gasteiger partial charge in [0.1, 0.15) is 0 Å². The number of hydrogen-bond acceptors (Lipinski definition) is 2. The van der Waals surface area contributed by atoms with E-state index in [1.807, 2.05) is 0 Å². The molecule has 2 fully saturated rings. The maximum absolute atomic E-state index is 11.1. The monoisotopic (exact) mass is 225 g/mol. The highest BCUT2D eigenvalue weighted by Crippen LogP contribution is 2.38. The van der Waals surface area contributed by atoms with Gasteiger partial charge >= 0.3 is 5.97 Å².